The quantitative estimate of drug-likeness (QED) is 0.806. The number of pyridine rings is 1. The highest BCUT2D eigenvalue weighted by molar-refractivity contribution is 5.98. The molecule has 2 rings (SSSR count). The second kappa shape index (κ2) is 8.05. The van der Waals surface area contributed by atoms with Crippen molar-refractivity contribution in [3.8, 4) is 23.1 Å². The number of benzene rings is 1. The second-order valence-electron chi connectivity index (χ2n) is 4.90. The summed E-state index contributed by atoms with van der Waals surface area (Å²) in [5.74, 6) is 0.494. The number of nitrogens with zero attached hydrogens (tertiary/aromatic N) is 1. The summed E-state index contributed by atoms with van der Waals surface area (Å²) in [5.41, 5.74) is 1.14. The maximum Gasteiger partial charge on any atom is 0.342 e. The average Bonchev–Trinajstić information content (AvgIpc) is 2.64. The largest absolute Gasteiger partial charge is 0.507 e. The van der Waals surface area contributed by atoms with E-state index >= 15 is 0 Å². The summed E-state index contributed by atoms with van der Waals surface area (Å²) in [5, 5.41) is 10.1. The van der Waals surface area contributed by atoms with Crippen molar-refractivity contribution in [3.05, 3.63) is 41.1 Å². The number of phenols is 1. The molecule has 7 nitrogen and oxygen atoms in total. The zero-order valence-electron chi connectivity index (χ0n) is 14.4. The smallest absolute Gasteiger partial charge is 0.342 e. The van der Waals surface area contributed by atoms with E-state index in [0.717, 1.165) is 0 Å². The van der Waals surface area contributed by atoms with Crippen molar-refractivity contribution in [2.75, 3.05) is 28.4 Å². The first-order valence-electron chi connectivity index (χ1n) is 7.29. The first-order chi connectivity index (χ1) is 12.0. The third kappa shape index (κ3) is 4.00. The normalized spacial score (nSPS) is 10.6. The molecule has 1 aromatic carbocycles. The Morgan fingerprint density at radius 1 is 1.00 bits per heavy atom. The van der Waals surface area contributed by atoms with Gasteiger partial charge in [-0.25, -0.2) is 9.78 Å². The van der Waals surface area contributed by atoms with Gasteiger partial charge in [-0.1, -0.05) is 6.08 Å². The molecule has 7 heteroatoms. The summed E-state index contributed by atoms with van der Waals surface area (Å²) in [6, 6.07) is 4.61. The van der Waals surface area contributed by atoms with E-state index in [2.05, 4.69) is 4.98 Å². The molecule has 0 radical (unpaired) electrons. The van der Waals surface area contributed by atoms with E-state index in [1.54, 1.807) is 30.5 Å². The SMILES string of the molecule is COC(=O)c1c(O)cc(OC)cc1/C=C/c1cnc(OC)cc1OC. The van der Waals surface area contributed by atoms with Gasteiger partial charge in [-0.15, -0.1) is 0 Å². The molecule has 0 saturated heterocycles. The minimum atomic E-state index is -0.653. The van der Waals surface area contributed by atoms with Crippen LogP contribution in [0, 0.1) is 0 Å². The number of esters is 1. The summed E-state index contributed by atoms with van der Waals surface area (Å²) >= 11 is 0. The van der Waals surface area contributed by atoms with Crippen molar-refractivity contribution >= 4 is 18.1 Å². The van der Waals surface area contributed by atoms with Gasteiger partial charge in [0.2, 0.25) is 5.88 Å². The van der Waals surface area contributed by atoms with E-state index in [4.69, 9.17) is 18.9 Å². The van der Waals surface area contributed by atoms with E-state index in [1.165, 1.54) is 34.5 Å². The number of hydrogen-bond donors (Lipinski definition) is 1. The van der Waals surface area contributed by atoms with Crippen LogP contribution in [0.1, 0.15) is 21.5 Å². The van der Waals surface area contributed by atoms with Crippen LogP contribution in [0.15, 0.2) is 24.4 Å². The first kappa shape index (κ1) is 18.1. The summed E-state index contributed by atoms with van der Waals surface area (Å²) in [7, 11) is 5.76. The number of rotatable bonds is 6. The van der Waals surface area contributed by atoms with E-state index in [0.29, 0.717) is 28.5 Å². The summed E-state index contributed by atoms with van der Waals surface area (Å²) in [6.45, 7) is 0. The molecule has 0 spiro atoms. The number of carbonyl (C=O) groups excluding carboxylic acids is 1. The Morgan fingerprint density at radius 2 is 1.72 bits per heavy atom. The Kier molecular flexibility index (Phi) is 5.84. The zero-order chi connectivity index (χ0) is 18.4. The van der Waals surface area contributed by atoms with Crippen LogP contribution in [-0.4, -0.2) is 44.5 Å². The molecule has 25 heavy (non-hydrogen) atoms. The van der Waals surface area contributed by atoms with Crippen LogP contribution < -0.4 is 14.2 Å². The molecule has 0 unspecified atom stereocenters. The molecule has 0 aliphatic carbocycles. The number of phenolic OH excluding ortho intramolecular Hbond substituents is 1. The maximum atomic E-state index is 12.0. The summed E-state index contributed by atoms with van der Waals surface area (Å²) in [4.78, 5) is 16.1. The van der Waals surface area contributed by atoms with Crippen molar-refractivity contribution < 1.29 is 28.8 Å². The highest BCUT2D eigenvalue weighted by Gasteiger charge is 2.17. The van der Waals surface area contributed by atoms with Gasteiger partial charge >= 0.3 is 5.97 Å². The summed E-state index contributed by atoms with van der Waals surface area (Å²) < 4.78 is 20.2. The molecule has 1 aromatic heterocycles. The number of hydrogen-bond acceptors (Lipinski definition) is 7. The molecule has 0 fully saturated rings. The molecule has 0 bridgehead atoms. The fourth-order valence-electron chi connectivity index (χ4n) is 2.22. The fourth-order valence-corrected chi connectivity index (χ4v) is 2.22. The predicted octanol–water partition coefficient (Wildman–Crippen LogP) is 2.77. The molecular weight excluding hydrogens is 326 g/mol. The van der Waals surface area contributed by atoms with Gasteiger partial charge in [0, 0.05) is 23.9 Å². The lowest BCUT2D eigenvalue weighted by Gasteiger charge is -2.10. The molecule has 0 aliphatic heterocycles. The van der Waals surface area contributed by atoms with Crippen LogP contribution in [0.4, 0.5) is 0 Å². The molecule has 1 heterocycles. The molecule has 0 amide bonds. The van der Waals surface area contributed by atoms with Gasteiger partial charge in [0.05, 0.1) is 28.4 Å². The Hall–Kier alpha value is -3.22. The molecule has 0 atom stereocenters. The molecular formula is C18H19NO6. The van der Waals surface area contributed by atoms with Gasteiger partial charge in [-0.3, -0.25) is 0 Å². The Morgan fingerprint density at radius 3 is 2.32 bits per heavy atom. The van der Waals surface area contributed by atoms with Crippen molar-refractivity contribution in [3.63, 3.8) is 0 Å². The van der Waals surface area contributed by atoms with Gasteiger partial charge in [0.25, 0.3) is 0 Å². The Balaban J connectivity index is 2.50. The predicted molar refractivity (Wildman–Crippen MR) is 92.3 cm³/mol. The minimum Gasteiger partial charge on any atom is -0.507 e. The van der Waals surface area contributed by atoms with E-state index in [1.807, 2.05) is 0 Å². The highest BCUT2D eigenvalue weighted by Crippen LogP contribution is 2.31. The number of ether oxygens (including phenoxy) is 4. The van der Waals surface area contributed by atoms with Crippen LogP contribution in [0.2, 0.25) is 0 Å². The van der Waals surface area contributed by atoms with Crippen LogP contribution in [0.25, 0.3) is 12.2 Å². The topological polar surface area (TPSA) is 87.1 Å². The Labute approximate surface area is 145 Å². The van der Waals surface area contributed by atoms with Crippen LogP contribution in [-0.2, 0) is 4.74 Å². The molecule has 2 aromatic rings. The minimum absolute atomic E-state index is 0.0417. The lowest BCUT2D eigenvalue weighted by atomic mass is 10.0. The molecule has 132 valence electrons. The molecule has 0 saturated carbocycles. The van der Waals surface area contributed by atoms with Crippen molar-refractivity contribution in [2.45, 2.75) is 0 Å². The summed E-state index contributed by atoms with van der Waals surface area (Å²) in [6.07, 6.45) is 4.92. The zero-order valence-corrected chi connectivity index (χ0v) is 14.4. The van der Waals surface area contributed by atoms with Gasteiger partial charge in [-0.2, -0.15) is 0 Å². The van der Waals surface area contributed by atoms with Crippen molar-refractivity contribution in [1.29, 1.82) is 0 Å². The van der Waals surface area contributed by atoms with Gasteiger partial charge in [0.15, 0.2) is 0 Å². The first-order valence-corrected chi connectivity index (χ1v) is 7.29. The number of aromatic hydroxyl groups is 1. The third-order valence-corrected chi connectivity index (χ3v) is 3.49. The van der Waals surface area contributed by atoms with Crippen LogP contribution >= 0.6 is 0 Å². The van der Waals surface area contributed by atoms with E-state index in [-0.39, 0.29) is 11.3 Å². The number of methoxy groups -OCH3 is 4. The highest BCUT2D eigenvalue weighted by atomic mass is 16.5. The second-order valence-corrected chi connectivity index (χ2v) is 4.90. The third-order valence-electron chi connectivity index (χ3n) is 3.49. The Bertz CT molecular complexity index is 800. The van der Waals surface area contributed by atoms with Crippen molar-refractivity contribution in [1.82, 2.24) is 4.98 Å². The lowest BCUT2D eigenvalue weighted by molar-refractivity contribution is 0.0597. The van der Waals surface area contributed by atoms with E-state index in [9.17, 15) is 9.90 Å². The van der Waals surface area contributed by atoms with Crippen LogP contribution in [0.5, 0.6) is 23.1 Å². The van der Waals surface area contributed by atoms with Crippen LogP contribution in [0.3, 0.4) is 0 Å². The number of aromatic nitrogens is 1. The maximum absolute atomic E-state index is 12.0. The standard InChI is InChI=1S/C18H19NO6/c1-22-13-7-11(17(14(20)8-13)18(21)25-4)5-6-12-10-19-16(24-3)9-15(12)23-2/h5-10,20H,1-4H3/b6-5+. The molecule has 1 N–H and O–H groups in total. The average molecular weight is 345 g/mol. The van der Waals surface area contributed by atoms with Gasteiger partial charge in [-0.05, 0) is 17.7 Å². The van der Waals surface area contributed by atoms with E-state index < -0.39 is 5.97 Å². The number of carbonyl (C=O) groups is 1. The van der Waals surface area contributed by atoms with Crippen molar-refractivity contribution in [2.24, 2.45) is 0 Å². The fraction of sp³-hybridized carbons (Fsp3) is 0.222. The van der Waals surface area contributed by atoms with Gasteiger partial charge < -0.3 is 24.1 Å². The van der Waals surface area contributed by atoms with Gasteiger partial charge in [0.1, 0.15) is 22.8 Å². The lowest BCUT2D eigenvalue weighted by Crippen LogP contribution is -2.04. The molecule has 0 aliphatic rings. The monoisotopic (exact) mass is 345 g/mol.